The molecule has 6 heteroatoms. The van der Waals surface area contributed by atoms with Crippen LogP contribution in [0.4, 0.5) is 5.82 Å². The molecule has 4 rings (SSSR count). The van der Waals surface area contributed by atoms with Gasteiger partial charge in [-0.2, -0.15) is 4.98 Å². The number of anilines is 1. The molecule has 0 aliphatic heterocycles. The van der Waals surface area contributed by atoms with E-state index in [9.17, 15) is 9.59 Å². The number of benzene rings is 1. The molecule has 3 N–H and O–H groups in total. The minimum absolute atomic E-state index is 0.0366. The van der Waals surface area contributed by atoms with Gasteiger partial charge in [0, 0.05) is 7.05 Å². The van der Waals surface area contributed by atoms with Gasteiger partial charge in [0.2, 0.25) is 11.1 Å². The van der Waals surface area contributed by atoms with Crippen molar-refractivity contribution < 1.29 is 9.21 Å². The summed E-state index contributed by atoms with van der Waals surface area (Å²) in [7, 11) is 1.50. The average molecular weight is 351 g/mol. The van der Waals surface area contributed by atoms with Gasteiger partial charge in [-0.05, 0) is 48.4 Å². The molecule has 2 heterocycles. The molecule has 3 aromatic rings. The van der Waals surface area contributed by atoms with Gasteiger partial charge < -0.3 is 15.5 Å². The zero-order valence-corrected chi connectivity index (χ0v) is 14.8. The lowest BCUT2D eigenvalue weighted by Crippen LogP contribution is -2.20. The molecule has 0 bridgehead atoms. The van der Waals surface area contributed by atoms with E-state index in [4.69, 9.17) is 10.2 Å². The van der Waals surface area contributed by atoms with Crippen LogP contribution in [0.25, 0.3) is 22.1 Å². The van der Waals surface area contributed by atoms with Crippen LogP contribution in [0.15, 0.2) is 33.5 Å². The third-order valence-corrected chi connectivity index (χ3v) is 5.57. The Morgan fingerprint density at radius 1 is 1.31 bits per heavy atom. The first kappa shape index (κ1) is 16.6. The highest BCUT2D eigenvalue weighted by Crippen LogP contribution is 2.39. The van der Waals surface area contributed by atoms with Crippen molar-refractivity contribution in [2.24, 2.45) is 5.92 Å². The number of nitrogens with one attached hydrogen (secondary N) is 1. The van der Waals surface area contributed by atoms with E-state index in [1.165, 1.54) is 32.4 Å². The molecule has 26 heavy (non-hydrogen) atoms. The summed E-state index contributed by atoms with van der Waals surface area (Å²) in [5.74, 6) is 0.744. The van der Waals surface area contributed by atoms with Crippen molar-refractivity contribution in [3.63, 3.8) is 0 Å². The lowest BCUT2D eigenvalue weighted by molar-refractivity contribution is 0.0964. The van der Waals surface area contributed by atoms with Crippen LogP contribution in [0, 0.1) is 5.92 Å². The Morgan fingerprint density at radius 3 is 2.73 bits per heavy atom. The maximum atomic E-state index is 13.0. The van der Waals surface area contributed by atoms with E-state index in [1.54, 1.807) is 0 Å². The molecule has 1 amide bonds. The van der Waals surface area contributed by atoms with E-state index in [0.717, 1.165) is 5.56 Å². The van der Waals surface area contributed by atoms with Gasteiger partial charge in [-0.15, -0.1) is 0 Å². The fourth-order valence-electron chi connectivity index (χ4n) is 3.63. The Kier molecular flexibility index (Phi) is 3.90. The fraction of sp³-hybridized carbons (Fsp3) is 0.350. The summed E-state index contributed by atoms with van der Waals surface area (Å²) < 4.78 is 5.79. The Hall–Kier alpha value is -2.89. The van der Waals surface area contributed by atoms with Crippen LogP contribution in [0.5, 0.6) is 0 Å². The van der Waals surface area contributed by atoms with E-state index < -0.39 is 0 Å². The number of carbonyl (C=O) groups excluding carboxylic acids is 1. The van der Waals surface area contributed by atoms with Crippen LogP contribution in [-0.4, -0.2) is 17.9 Å². The number of rotatable bonds is 3. The second kappa shape index (κ2) is 6.12. The number of carbonyl (C=O) groups is 1. The van der Waals surface area contributed by atoms with Crippen LogP contribution >= 0.6 is 0 Å². The second-order valence-corrected chi connectivity index (χ2v) is 7.02. The number of aromatic nitrogens is 1. The van der Waals surface area contributed by atoms with Crippen molar-refractivity contribution in [2.45, 2.75) is 32.1 Å². The maximum Gasteiger partial charge on any atom is 0.254 e. The summed E-state index contributed by atoms with van der Waals surface area (Å²) in [6.45, 7) is 2.21. The first-order valence-corrected chi connectivity index (χ1v) is 8.88. The molecule has 1 aliphatic carbocycles. The zero-order chi connectivity index (χ0) is 18.4. The molecule has 0 saturated heterocycles. The van der Waals surface area contributed by atoms with E-state index in [2.05, 4.69) is 17.2 Å². The van der Waals surface area contributed by atoms with Crippen molar-refractivity contribution in [3.8, 4) is 0 Å². The maximum absolute atomic E-state index is 13.0. The van der Waals surface area contributed by atoms with Gasteiger partial charge in [-0.1, -0.05) is 19.4 Å². The number of nitrogens with zero attached hydrogens (tertiary/aromatic N) is 1. The Bertz CT molecular complexity index is 1080. The van der Waals surface area contributed by atoms with Crippen LogP contribution in [0.2, 0.25) is 0 Å². The molecule has 6 nitrogen and oxygen atoms in total. The quantitative estimate of drug-likeness (QED) is 0.706. The number of pyridine rings is 1. The standard InChI is InChI=1S/C20H21N3O3/c1-10(11-4-3-5-11)12-6-7-16-13(8-12)17(24)14-9-15(19(25)22-2)18(21)23-20(14)26-16/h6-11H,3-5H2,1-2H3,(H2,21,23)(H,22,25). The molecule has 1 aromatic carbocycles. The van der Waals surface area contributed by atoms with E-state index in [1.807, 2.05) is 18.2 Å². The summed E-state index contributed by atoms with van der Waals surface area (Å²) in [4.78, 5) is 29.1. The molecule has 1 aliphatic rings. The number of nitrogens with two attached hydrogens (primary N) is 1. The van der Waals surface area contributed by atoms with E-state index in [-0.39, 0.29) is 33.8 Å². The smallest absolute Gasteiger partial charge is 0.254 e. The number of hydrogen-bond acceptors (Lipinski definition) is 5. The largest absolute Gasteiger partial charge is 0.437 e. The summed E-state index contributed by atoms with van der Waals surface area (Å²) in [5.41, 5.74) is 7.59. The highest BCUT2D eigenvalue weighted by atomic mass is 16.3. The Morgan fingerprint density at radius 2 is 2.08 bits per heavy atom. The van der Waals surface area contributed by atoms with Crippen molar-refractivity contribution in [3.05, 3.63) is 45.6 Å². The lowest BCUT2D eigenvalue weighted by Gasteiger charge is -2.31. The highest BCUT2D eigenvalue weighted by Gasteiger charge is 2.25. The van der Waals surface area contributed by atoms with Gasteiger partial charge in [-0.25, -0.2) is 0 Å². The molecule has 1 fully saturated rings. The highest BCUT2D eigenvalue weighted by molar-refractivity contribution is 6.02. The number of fused-ring (bicyclic) bond motifs is 2. The molecular formula is C20H21N3O3. The van der Waals surface area contributed by atoms with Crippen molar-refractivity contribution in [1.29, 1.82) is 0 Å². The van der Waals surface area contributed by atoms with Gasteiger partial charge >= 0.3 is 0 Å². The van der Waals surface area contributed by atoms with Gasteiger partial charge in [-0.3, -0.25) is 9.59 Å². The predicted molar refractivity (Wildman–Crippen MR) is 101 cm³/mol. The fourth-order valence-corrected chi connectivity index (χ4v) is 3.63. The minimum atomic E-state index is -0.385. The van der Waals surface area contributed by atoms with Crippen LogP contribution < -0.4 is 16.5 Å². The monoisotopic (exact) mass is 351 g/mol. The number of nitrogen functional groups attached to an aromatic ring is 1. The molecule has 0 radical (unpaired) electrons. The third-order valence-electron chi connectivity index (χ3n) is 5.57. The average Bonchev–Trinajstić information content (AvgIpc) is 2.59. The Labute approximate surface area is 150 Å². The van der Waals surface area contributed by atoms with Crippen LogP contribution in [-0.2, 0) is 0 Å². The first-order chi connectivity index (χ1) is 12.5. The SMILES string of the molecule is CNC(=O)c1cc2c(=O)c3cc(C(C)C4CCC4)ccc3oc2nc1N. The van der Waals surface area contributed by atoms with Gasteiger partial charge in [0.15, 0.2) is 0 Å². The lowest BCUT2D eigenvalue weighted by atomic mass is 9.74. The third kappa shape index (κ3) is 2.53. The summed E-state index contributed by atoms with van der Waals surface area (Å²) >= 11 is 0. The second-order valence-electron chi connectivity index (χ2n) is 7.02. The zero-order valence-electron chi connectivity index (χ0n) is 14.8. The van der Waals surface area contributed by atoms with Crippen molar-refractivity contribution in [2.75, 3.05) is 12.8 Å². The predicted octanol–water partition coefficient (Wildman–Crippen LogP) is 3.19. The van der Waals surface area contributed by atoms with Crippen LogP contribution in [0.3, 0.4) is 0 Å². The normalized spacial score (nSPS) is 15.8. The van der Waals surface area contributed by atoms with Crippen molar-refractivity contribution >= 4 is 33.8 Å². The van der Waals surface area contributed by atoms with E-state index >= 15 is 0 Å². The molecule has 0 spiro atoms. The number of hydrogen-bond donors (Lipinski definition) is 2. The van der Waals surface area contributed by atoms with Gasteiger partial charge in [0.25, 0.3) is 5.91 Å². The van der Waals surface area contributed by atoms with E-state index in [0.29, 0.717) is 22.8 Å². The number of amides is 1. The topological polar surface area (TPSA) is 98.2 Å². The van der Waals surface area contributed by atoms with Crippen LogP contribution in [0.1, 0.15) is 48.0 Å². The molecule has 1 atom stereocenters. The molecular weight excluding hydrogens is 330 g/mol. The summed E-state index contributed by atoms with van der Waals surface area (Å²) in [5, 5.41) is 3.27. The summed E-state index contributed by atoms with van der Waals surface area (Å²) in [6.07, 6.45) is 3.76. The first-order valence-electron chi connectivity index (χ1n) is 8.88. The van der Waals surface area contributed by atoms with Gasteiger partial charge in [0.1, 0.15) is 11.4 Å². The summed E-state index contributed by atoms with van der Waals surface area (Å²) in [6, 6.07) is 7.22. The molecule has 2 aromatic heterocycles. The Balaban J connectivity index is 1.91. The molecule has 1 saturated carbocycles. The molecule has 134 valence electrons. The molecule has 1 unspecified atom stereocenters. The van der Waals surface area contributed by atoms with Gasteiger partial charge in [0.05, 0.1) is 16.3 Å². The van der Waals surface area contributed by atoms with Crippen molar-refractivity contribution in [1.82, 2.24) is 10.3 Å². The minimum Gasteiger partial charge on any atom is -0.437 e.